The van der Waals surface area contributed by atoms with Crippen LogP contribution in [0.1, 0.15) is 29.5 Å². The summed E-state index contributed by atoms with van der Waals surface area (Å²) < 4.78 is 0. The van der Waals surface area contributed by atoms with Crippen molar-refractivity contribution in [2.45, 2.75) is 32.6 Å². The molecule has 0 radical (unpaired) electrons. The summed E-state index contributed by atoms with van der Waals surface area (Å²) in [4.78, 5) is 12.0. The fourth-order valence-corrected chi connectivity index (χ4v) is 2.24. The van der Waals surface area contributed by atoms with Crippen LogP contribution in [-0.2, 0) is 17.6 Å². The molecule has 98 valence electrons. The fraction of sp³-hybridized carbons (Fsp3) is 0.278. The number of ketones is 1. The van der Waals surface area contributed by atoms with Gasteiger partial charge in [-0.3, -0.25) is 4.79 Å². The van der Waals surface area contributed by atoms with E-state index in [4.69, 9.17) is 0 Å². The highest BCUT2D eigenvalue weighted by atomic mass is 16.1. The van der Waals surface area contributed by atoms with Crippen LogP contribution < -0.4 is 0 Å². The first-order valence-electron chi connectivity index (χ1n) is 6.86. The van der Waals surface area contributed by atoms with Crippen molar-refractivity contribution in [2.75, 3.05) is 0 Å². The van der Waals surface area contributed by atoms with Crippen LogP contribution in [0.5, 0.6) is 0 Å². The van der Waals surface area contributed by atoms with Gasteiger partial charge in [0.05, 0.1) is 0 Å². The highest BCUT2D eigenvalue weighted by Gasteiger charge is 2.05. The zero-order valence-corrected chi connectivity index (χ0v) is 11.4. The molecule has 0 atom stereocenters. The van der Waals surface area contributed by atoms with Gasteiger partial charge in [-0.15, -0.1) is 0 Å². The molecule has 0 unspecified atom stereocenters. The Kier molecular flexibility index (Phi) is 4.91. The van der Waals surface area contributed by atoms with E-state index in [1.54, 1.807) is 0 Å². The maximum absolute atomic E-state index is 12.0. The minimum absolute atomic E-state index is 0.338. The van der Waals surface area contributed by atoms with E-state index >= 15 is 0 Å². The van der Waals surface area contributed by atoms with Gasteiger partial charge < -0.3 is 0 Å². The van der Waals surface area contributed by atoms with E-state index in [1.165, 1.54) is 11.1 Å². The number of carbonyl (C=O) groups is 1. The van der Waals surface area contributed by atoms with Crippen molar-refractivity contribution in [3.8, 4) is 0 Å². The quantitative estimate of drug-likeness (QED) is 0.755. The van der Waals surface area contributed by atoms with E-state index in [-0.39, 0.29) is 0 Å². The van der Waals surface area contributed by atoms with Crippen LogP contribution in [0.3, 0.4) is 0 Å². The number of carbonyl (C=O) groups excluding carboxylic acids is 1. The molecule has 1 nitrogen and oxygen atoms in total. The van der Waals surface area contributed by atoms with Crippen molar-refractivity contribution in [2.24, 2.45) is 0 Å². The topological polar surface area (TPSA) is 17.1 Å². The lowest BCUT2D eigenvalue weighted by atomic mass is 10.00. The molecule has 0 saturated carbocycles. The Balaban J connectivity index is 1.78. The van der Waals surface area contributed by atoms with Crippen LogP contribution in [0.25, 0.3) is 0 Å². The monoisotopic (exact) mass is 252 g/mol. The minimum atomic E-state index is 0.338. The second-order valence-electron chi connectivity index (χ2n) is 4.98. The third-order valence-corrected chi connectivity index (χ3v) is 3.41. The maximum atomic E-state index is 12.0. The van der Waals surface area contributed by atoms with Crippen LogP contribution in [-0.4, -0.2) is 5.78 Å². The molecular weight excluding hydrogens is 232 g/mol. The number of hydrogen-bond acceptors (Lipinski definition) is 1. The van der Waals surface area contributed by atoms with Crippen LogP contribution in [0.2, 0.25) is 0 Å². The van der Waals surface area contributed by atoms with Gasteiger partial charge in [0.2, 0.25) is 0 Å². The third kappa shape index (κ3) is 4.36. The van der Waals surface area contributed by atoms with Gasteiger partial charge in [-0.25, -0.2) is 0 Å². The highest BCUT2D eigenvalue weighted by molar-refractivity contribution is 5.81. The van der Waals surface area contributed by atoms with Crippen molar-refractivity contribution >= 4 is 5.78 Å². The summed E-state index contributed by atoms with van der Waals surface area (Å²) in [7, 11) is 0. The third-order valence-electron chi connectivity index (χ3n) is 3.41. The molecule has 0 fully saturated rings. The molecule has 2 aromatic rings. The van der Waals surface area contributed by atoms with Crippen LogP contribution in [0.4, 0.5) is 0 Å². The first kappa shape index (κ1) is 13.5. The summed E-state index contributed by atoms with van der Waals surface area (Å²) in [5, 5.41) is 0. The molecule has 2 rings (SSSR count). The Morgan fingerprint density at radius 3 is 2.37 bits per heavy atom. The van der Waals surface area contributed by atoms with E-state index in [9.17, 15) is 4.79 Å². The Morgan fingerprint density at radius 1 is 0.947 bits per heavy atom. The minimum Gasteiger partial charge on any atom is -0.299 e. The van der Waals surface area contributed by atoms with Gasteiger partial charge >= 0.3 is 0 Å². The molecule has 0 heterocycles. The summed E-state index contributed by atoms with van der Waals surface area (Å²) in [6.07, 6.45) is 3.17. The molecular formula is C18H20O. The predicted molar refractivity (Wildman–Crippen MR) is 79.3 cm³/mol. The summed E-state index contributed by atoms with van der Waals surface area (Å²) in [6, 6.07) is 18.5. The Labute approximate surface area is 115 Å². The highest BCUT2D eigenvalue weighted by Crippen LogP contribution is 2.11. The van der Waals surface area contributed by atoms with E-state index < -0.39 is 0 Å². The summed E-state index contributed by atoms with van der Waals surface area (Å²) in [5.74, 6) is 0.338. The standard InChI is InChI=1S/C18H20O/c1-15-8-5-6-12-17(15)14-18(19)13-7-11-16-9-3-2-4-10-16/h2-6,8-10,12H,7,11,13-14H2,1H3. The molecule has 0 N–H and O–H groups in total. The van der Waals surface area contributed by atoms with Crippen LogP contribution in [0, 0.1) is 6.92 Å². The number of benzene rings is 2. The van der Waals surface area contributed by atoms with E-state index in [0.717, 1.165) is 18.4 Å². The van der Waals surface area contributed by atoms with Crippen LogP contribution in [0.15, 0.2) is 54.6 Å². The first-order chi connectivity index (χ1) is 9.25. The largest absolute Gasteiger partial charge is 0.299 e. The van der Waals surface area contributed by atoms with Crippen molar-refractivity contribution in [3.05, 3.63) is 71.3 Å². The van der Waals surface area contributed by atoms with Crippen molar-refractivity contribution in [1.82, 2.24) is 0 Å². The van der Waals surface area contributed by atoms with E-state index in [2.05, 4.69) is 25.1 Å². The van der Waals surface area contributed by atoms with Crippen molar-refractivity contribution in [1.29, 1.82) is 0 Å². The Morgan fingerprint density at radius 2 is 1.63 bits per heavy atom. The molecule has 0 spiro atoms. The van der Waals surface area contributed by atoms with Gasteiger partial charge in [0.25, 0.3) is 0 Å². The van der Waals surface area contributed by atoms with E-state index in [1.807, 2.05) is 36.4 Å². The molecule has 0 aromatic heterocycles. The normalized spacial score (nSPS) is 10.4. The first-order valence-corrected chi connectivity index (χ1v) is 6.86. The smallest absolute Gasteiger partial charge is 0.137 e. The second kappa shape index (κ2) is 6.89. The maximum Gasteiger partial charge on any atom is 0.137 e. The number of hydrogen-bond donors (Lipinski definition) is 0. The van der Waals surface area contributed by atoms with Crippen LogP contribution >= 0.6 is 0 Å². The van der Waals surface area contributed by atoms with Crippen molar-refractivity contribution in [3.63, 3.8) is 0 Å². The lowest BCUT2D eigenvalue weighted by Gasteiger charge is -2.05. The van der Waals surface area contributed by atoms with Gasteiger partial charge in [0.15, 0.2) is 0 Å². The number of rotatable bonds is 6. The lowest BCUT2D eigenvalue weighted by molar-refractivity contribution is -0.118. The summed E-state index contributed by atoms with van der Waals surface area (Å²) in [6.45, 7) is 2.06. The number of aryl methyl sites for hydroxylation is 2. The van der Waals surface area contributed by atoms with Gasteiger partial charge in [0, 0.05) is 12.8 Å². The molecule has 1 heteroatoms. The number of Topliss-reactive ketones (excluding diaryl/α,β-unsaturated/α-hetero) is 1. The van der Waals surface area contributed by atoms with Gasteiger partial charge in [-0.05, 0) is 36.5 Å². The Bertz CT molecular complexity index is 528. The van der Waals surface area contributed by atoms with Crippen molar-refractivity contribution < 1.29 is 4.79 Å². The van der Waals surface area contributed by atoms with Gasteiger partial charge in [-0.2, -0.15) is 0 Å². The summed E-state index contributed by atoms with van der Waals surface area (Å²) >= 11 is 0. The zero-order chi connectivity index (χ0) is 13.5. The molecule has 0 aliphatic carbocycles. The second-order valence-corrected chi connectivity index (χ2v) is 4.98. The van der Waals surface area contributed by atoms with Gasteiger partial charge in [0.1, 0.15) is 5.78 Å². The molecule has 0 aliphatic heterocycles. The molecule has 0 bridgehead atoms. The molecule has 2 aromatic carbocycles. The molecule has 0 aliphatic rings. The van der Waals surface area contributed by atoms with E-state index in [0.29, 0.717) is 18.6 Å². The average molecular weight is 252 g/mol. The fourth-order valence-electron chi connectivity index (χ4n) is 2.24. The predicted octanol–water partition coefficient (Wildman–Crippen LogP) is 4.13. The average Bonchev–Trinajstić information content (AvgIpc) is 2.43. The molecule has 19 heavy (non-hydrogen) atoms. The Hall–Kier alpha value is -1.89. The molecule has 0 amide bonds. The SMILES string of the molecule is Cc1ccccc1CC(=O)CCCc1ccccc1. The zero-order valence-electron chi connectivity index (χ0n) is 11.4. The lowest BCUT2D eigenvalue weighted by Crippen LogP contribution is -2.04. The van der Waals surface area contributed by atoms with Gasteiger partial charge in [-0.1, -0.05) is 54.6 Å². The summed E-state index contributed by atoms with van der Waals surface area (Å²) in [5.41, 5.74) is 3.68. The molecule has 0 saturated heterocycles.